The van der Waals surface area contributed by atoms with E-state index in [4.69, 9.17) is 16.1 Å². The fraction of sp³-hybridized carbons (Fsp3) is 0.455. The van der Waals surface area contributed by atoms with E-state index in [-0.39, 0.29) is 12.0 Å². The molecule has 0 aliphatic heterocycles. The van der Waals surface area contributed by atoms with E-state index in [1.165, 1.54) is 6.20 Å². The van der Waals surface area contributed by atoms with Crippen molar-refractivity contribution in [2.45, 2.75) is 12.8 Å². The molecule has 2 rings (SSSR count). The molecular formula is C11H14N4O. The first-order valence-electron chi connectivity index (χ1n) is 5.19. The van der Waals surface area contributed by atoms with Crippen LogP contribution < -0.4 is 11.1 Å². The predicted molar refractivity (Wildman–Crippen MR) is 60.6 cm³/mol. The van der Waals surface area contributed by atoms with Crippen molar-refractivity contribution in [2.75, 3.05) is 24.2 Å². The van der Waals surface area contributed by atoms with Gasteiger partial charge in [0, 0.05) is 12.0 Å². The van der Waals surface area contributed by atoms with Crippen molar-refractivity contribution in [2.24, 2.45) is 5.41 Å². The average molecular weight is 218 g/mol. The normalized spacial score (nSPS) is 16.5. The topological polar surface area (TPSA) is 95.0 Å². The summed E-state index contributed by atoms with van der Waals surface area (Å²) >= 11 is 0. The molecule has 1 heterocycles. The van der Waals surface area contributed by atoms with E-state index in [1.54, 1.807) is 6.07 Å². The van der Waals surface area contributed by atoms with Crippen molar-refractivity contribution in [3.05, 3.63) is 17.8 Å². The molecule has 1 aliphatic carbocycles. The molecule has 0 unspecified atom stereocenters. The van der Waals surface area contributed by atoms with Gasteiger partial charge in [0.25, 0.3) is 0 Å². The van der Waals surface area contributed by atoms with Crippen molar-refractivity contribution >= 4 is 11.5 Å². The van der Waals surface area contributed by atoms with Crippen LogP contribution in [0.5, 0.6) is 0 Å². The minimum atomic E-state index is -0.00417. The van der Waals surface area contributed by atoms with Gasteiger partial charge in [-0.25, -0.2) is 4.98 Å². The smallest absolute Gasteiger partial charge is 0.144 e. The van der Waals surface area contributed by atoms with Gasteiger partial charge in [0.1, 0.15) is 11.9 Å². The van der Waals surface area contributed by atoms with Crippen LogP contribution >= 0.6 is 0 Å². The number of aliphatic hydroxyl groups excluding tert-OH is 1. The molecule has 0 saturated heterocycles. The maximum absolute atomic E-state index is 9.16. The maximum Gasteiger partial charge on any atom is 0.144 e. The van der Waals surface area contributed by atoms with Gasteiger partial charge in [-0.15, -0.1) is 0 Å². The van der Waals surface area contributed by atoms with Crippen LogP contribution in [0.1, 0.15) is 18.4 Å². The van der Waals surface area contributed by atoms with Crippen molar-refractivity contribution in [1.29, 1.82) is 5.26 Å². The number of anilines is 2. The summed E-state index contributed by atoms with van der Waals surface area (Å²) in [7, 11) is 0. The van der Waals surface area contributed by atoms with Gasteiger partial charge >= 0.3 is 0 Å². The first-order chi connectivity index (χ1) is 7.69. The summed E-state index contributed by atoms with van der Waals surface area (Å²) in [6.45, 7) is 0.825. The molecule has 0 atom stereocenters. The second-order valence-electron chi connectivity index (χ2n) is 4.29. The molecule has 0 spiro atoms. The largest absolute Gasteiger partial charge is 0.397 e. The lowest BCUT2D eigenvalue weighted by Crippen LogP contribution is -2.20. The Bertz CT molecular complexity index is 434. The molecule has 0 radical (unpaired) electrons. The van der Waals surface area contributed by atoms with Gasteiger partial charge in [0.15, 0.2) is 0 Å². The van der Waals surface area contributed by atoms with Crippen LogP contribution in [0.4, 0.5) is 11.5 Å². The number of nitriles is 1. The highest BCUT2D eigenvalue weighted by atomic mass is 16.3. The van der Waals surface area contributed by atoms with E-state index in [0.717, 1.165) is 12.8 Å². The zero-order chi connectivity index (χ0) is 11.6. The molecule has 1 fully saturated rings. The molecule has 5 nitrogen and oxygen atoms in total. The van der Waals surface area contributed by atoms with Crippen LogP contribution in [-0.2, 0) is 0 Å². The van der Waals surface area contributed by atoms with Crippen LogP contribution in [0.15, 0.2) is 12.3 Å². The average Bonchev–Trinajstić information content (AvgIpc) is 3.08. The predicted octanol–water partition coefficient (Wildman–Crippen LogP) is 0.720. The summed E-state index contributed by atoms with van der Waals surface area (Å²) in [6.07, 6.45) is 3.56. The number of nitrogens with zero attached hydrogens (tertiary/aromatic N) is 2. The Morgan fingerprint density at radius 3 is 2.94 bits per heavy atom. The van der Waals surface area contributed by atoms with Crippen molar-refractivity contribution in [3.63, 3.8) is 0 Å². The minimum absolute atomic E-state index is 0.00417. The van der Waals surface area contributed by atoms with Crippen LogP contribution in [0.25, 0.3) is 0 Å². The Kier molecular flexibility index (Phi) is 2.67. The van der Waals surface area contributed by atoms with Gasteiger partial charge in [-0.1, -0.05) is 0 Å². The Morgan fingerprint density at radius 2 is 2.38 bits per heavy atom. The van der Waals surface area contributed by atoms with Crippen molar-refractivity contribution < 1.29 is 5.11 Å². The highest BCUT2D eigenvalue weighted by molar-refractivity contribution is 5.57. The third-order valence-electron chi connectivity index (χ3n) is 2.95. The summed E-state index contributed by atoms with van der Waals surface area (Å²) in [5.74, 6) is 0.538. The van der Waals surface area contributed by atoms with E-state index in [1.807, 2.05) is 6.07 Å². The number of aromatic nitrogens is 1. The van der Waals surface area contributed by atoms with E-state index >= 15 is 0 Å². The summed E-state index contributed by atoms with van der Waals surface area (Å²) in [6, 6.07) is 3.63. The van der Waals surface area contributed by atoms with Crippen LogP contribution in [0.3, 0.4) is 0 Å². The third-order valence-corrected chi connectivity index (χ3v) is 2.95. The first-order valence-corrected chi connectivity index (χ1v) is 5.19. The van der Waals surface area contributed by atoms with E-state index in [9.17, 15) is 0 Å². The lowest BCUT2D eigenvalue weighted by molar-refractivity contribution is 0.219. The quantitative estimate of drug-likeness (QED) is 0.692. The first kappa shape index (κ1) is 10.7. The highest BCUT2D eigenvalue weighted by Gasteiger charge is 2.41. The van der Waals surface area contributed by atoms with Gasteiger partial charge in [-0.2, -0.15) is 5.26 Å². The lowest BCUT2D eigenvalue weighted by atomic mass is 10.1. The number of aliphatic hydroxyl groups is 1. The molecule has 1 aromatic heterocycles. The molecule has 84 valence electrons. The number of hydrogen-bond donors (Lipinski definition) is 3. The van der Waals surface area contributed by atoms with E-state index < -0.39 is 0 Å². The molecule has 0 aromatic carbocycles. The second-order valence-corrected chi connectivity index (χ2v) is 4.29. The number of rotatable bonds is 4. The van der Waals surface area contributed by atoms with Crippen LogP contribution in [0.2, 0.25) is 0 Å². The SMILES string of the molecule is N#Cc1cc(N)cnc1NCC1(CO)CC1. The van der Waals surface area contributed by atoms with Crippen molar-refractivity contribution in [3.8, 4) is 6.07 Å². The lowest BCUT2D eigenvalue weighted by Gasteiger charge is -2.13. The summed E-state index contributed by atoms with van der Waals surface area (Å²) < 4.78 is 0. The van der Waals surface area contributed by atoms with Gasteiger partial charge in [0.2, 0.25) is 0 Å². The zero-order valence-corrected chi connectivity index (χ0v) is 8.90. The molecule has 0 amide bonds. The number of nitrogens with two attached hydrogens (primary N) is 1. The standard InChI is InChI=1S/C11H14N4O/c12-4-8-3-9(13)5-14-10(8)15-6-11(7-16)1-2-11/h3,5,16H,1-2,6-7,13H2,(H,14,15). The second kappa shape index (κ2) is 3.99. The van der Waals surface area contributed by atoms with Crippen LogP contribution in [0, 0.1) is 16.7 Å². The highest BCUT2D eigenvalue weighted by Crippen LogP contribution is 2.44. The molecule has 1 aromatic rings. The number of nitrogens with one attached hydrogen (secondary N) is 1. The molecule has 16 heavy (non-hydrogen) atoms. The summed E-state index contributed by atoms with van der Waals surface area (Å²) in [5, 5.41) is 21.2. The molecule has 5 heteroatoms. The molecule has 1 aliphatic rings. The van der Waals surface area contributed by atoms with Gasteiger partial charge < -0.3 is 16.2 Å². The number of pyridine rings is 1. The fourth-order valence-electron chi connectivity index (χ4n) is 1.55. The van der Waals surface area contributed by atoms with E-state index in [2.05, 4.69) is 10.3 Å². The van der Waals surface area contributed by atoms with Gasteiger partial charge in [0.05, 0.1) is 24.1 Å². The fourth-order valence-corrected chi connectivity index (χ4v) is 1.55. The maximum atomic E-state index is 9.16. The van der Waals surface area contributed by atoms with Crippen molar-refractivity contribution in [1.82, 2.24) is 4.98 Å². The summed E-state index contributed by atoms with van der Waals surface area (Å²) in [5.41, 5.74) is 6.45. The molecular weight excluding hydrogens is 204 g/mol. The number of nitrogen functional groups attached to an aromatic ring is 1. The Morgan fingerprint density at radius 1 is 1.62 bits per heavy atom. The summed E-state index contributed by atoms with van der Waals surface area (Å²) in [4.78, 5) is 4.07. The van der Waals surface area contributed by atoms with Gasteiger partial charge in [-0.05, 0) is 18.9 Å². The third kappa shape index (κ3) is 2.07. The number of hydrogen-bond acceptors (Lipinski definition) is 5. The molecule has 4 N–H and O–H groups in total. The van der Waals surface area contributed by atoms with Gasteiger partial charge in [-0.3, -0.25) is 0 Å². The Labute approximate surface area is 93.9 Å². The minimum Gasteiger partial charge on any atom is -0.397 e. The Hall–Kier alpha value is -1.80. The monoisotopic (exact) mass is 218 g/mol. The zero-order valence-electron chi connectivity index (χ0n) is 8.90. The van der Waals surface area contributed by atoms with E-state index in [0.29, 0.717) is 23.6 Å². The van der Waals surface area contributed by atoms with Crippen LogP contribution in [-0.4, -0.2) is 23.2 Å². The molecule has 1 saturated carbocycles. The Balaban J connectivity index is 2.07. The molecule has 0 bridgehead atoms.